The van der Waals surface area contributed by atoms with Crippen LogP contribution in [0.2, 0.25) is 0 Å². The summed E-state index contributed by atoms with van der Waals surface area (Å²) in [6.45, 7) is 6.26. The van der Waals surface area contributed by atoms with E-state index in [1.165, 1.54) is 17.7 Å². The van der Waals surface area contributed by atoms with Crippen LogP contribution >= 0.6 is 0 Å². The second kappa shape index (κ2) is 8.49. The van der Waals surface area contributed by atoms with E-state index >= 15 is 0 Å². The summed E-state index contributed by atoms with van der Waals surface area (Å²) >= 11 is 0. The molecule has 0 saturated carbocycles. The Bertz CT molecular complexity index is 855. The van der Waals surface area contributed by atoms with Gasteiger partial charge in [-0.1, -0.05) is 57.5 Å². The minimum absolute atomic E-state index is 0.139. The molecule has 0 aromatic heterocycles. The van der Waals surface area contributed by atoms with Crippen molar-refractivity contribution in [1.82, 2.24) is 5.32 Å². The first-order valence-electron chi connectivity index (χ1n) is 8.92. The van der Waals surface area contributed by atoms with E-state index in [0.29, 0.717) is 5.56 Å². The van der Waals surface area contributed by atoms with Gasteiger partial charge in [0, 0.05) is 11.8 Å². The molecule has 140 valence electrons. The first-order valence-corrected chi connectivity index (χ1v) is 10.8. The highest BCUT2D eigenvalue weighted by Crippen LogP contribution is 2.23. The number of carbonyl (C=O) groups is 1. The number of aryl methyl sites for hydroxylation is 1. The van der Waals surface area contributed by atoms with Gasteiger partial charge in [0.1, 0.15) is 0 Å². The minimum Gasteiger partial charge on any atom is -0.345 e. The summed E-state index contributed by atoms with van der Waals surface area (Å²) in [6, 6.07) is 14.3. The molecule has 4 nitrogen and oxygen atoms in total. The van der Waals surface area contributed by atoms with Gasteiger partial charge in [-0.05, 0) is 41.7 Å². The van der Waals surface area contributed by atoms with Crippen LogP contribution in [0.25, 0.3) is 0 Å². The van der Waals surface area contributed by atoms with E-state index < -0.39 is 9.84 Å². The van der Waals surface area contributed by atoms with Crippen molar-refractivity contribution in [3.8, 4) is 0 Å². The molecule has 0 aliphatic carbocycles. The van der Waals surface area contributed by atoms with E-state index in [0.717, 1.165) is 24.7 Å². The Hall–Kier alpha value is -2.14. The lowest BCUT2D eigenvalue weighted by atomic mass is 9.94. The lowest BCUT2D eigenvalue weighted by Gasteiger charge is -2.23. The zero-order valence-electron chi connectivity index (χ0n) is 15.8. The van der Waals surface area contributed by atoms with Crippen molar-refractivity contribution in [2.45, 2.75) is 44.6 Å². The topological polar surface area (TPSA) is 63.2 Å². The molecule has 1 N–H and O–H groups in total. The summed E-state index contributed by atoms with van der Waals surface area (Å²) in [4.78, 5) is 12.8. The Balaban J connectivity index is 2.23. The second-order valence-electron chi connectivity index (χ2n) is 6.99. The number of benzene rings is 2. The number of hydrogen-bond donors (Lipinski definition) is 1. The summed E-state index contributed by atoms with van der Waals surface area (Å²) < 4.78 is 23.4. The van der Waals surface area contributed by atoms with E-state index in [-0.39, 0.29) is 22.8 Å². The first kappa shape index (κ1) is 20.2. The quantitative estimate of drug-likeness (QED) is 0.792. The van der Waals surface area contributed by atoms with Crippen molar-refractivity contribution in [1.29, 1.82) is 0 Å². The molecule has 1 amide bonds. The highest BCUT2D eigenvalue weighted by atomic mass is 32.2. The van der Waals surface area contributed by atoms with Crippen molar-refractivity contribution in [3.63, 3.8) is 0 Å². The van der Waals surface area contributed by atoms with Gasteiger partial charge < -0.3 is 5.32 Å². The minimum atomic E-state index is -3.35. The average Bonchev–Trinajstić information content (AvgIpc) is 2.60. The standard InChI is InChI=1S/C21H27NO3S/c1-5-7-16-10-12-17(13-11-16)20(15(2)3)22-21(23)18-8-6-9-19(14-18)26(4,24)25/h6,8-15,20H,5,7H2,1-4H3,(H,22,23). The maximum atomic E-state index is 12.7. The van der Waals surface area contributed by atoms with Gasteiger partial charge in [0.25, 0.3) is 5.91 Å². The molecule has 0 heterocycles. The van der Waals surface area contributed by atoms with Gasteiger partial charge in [0.15, 0.2) is 9.84 Å². The van der Waals surface area contributed by atoms with E-state index in [1.807, 2.05) is 0 Å². The normalized spacial score (nSPS) is 12.8. The zero-order chi connectivity index (χ0) is 19.3. The first-order chi connectivity index (χ1) is 12.2. The molecule has 0 bridgehead atoms. The van der Waals surface area contributed by atoms with Gasteiger partial charge in [-0.2, -0.15) is 0 Å². The van der Waals surface area contributed by atoms with E-state index in [2.05, 4.69) is 50.4 Å². The van der Waals surface area contributed by atoms with Crippen molar-refractivity contribution >= 4 is 15.7 Å². The third-order valence-electron chi connectivity index (χ3n) is 4.36. The Morgan fingerprint density at radius 2 is 1.73 bits per heavy atom. The van der Waals surface area contributed by atoms with Crippen LogP contribution in [0.15, 0.2) is 53.4 Å². The lowest BCUT2D eigenvalue weighted by Crippen LogP contribution is -2.31. The molecule has 0 aliphatic rings. The van der Waals surface area contributed by atoms with Crippen molar-refractivity contribution in [2.75, 3.05) is 6.26 Å². The lowest BCUT2D eigenvalue weighted by molar-refractivity contribution is 0.0925. The highest BCUT2D eigenvalue weighted by Gasteiger charge is 2.20. The third kappa shape index (κ3) is 5.18. The van der Waals surface area contributed by atoms with Crippen LogP contribution in [-0.4, -0.2) is 20.6 Å². The number of amides is 1. The summed E-state index contributed by atoms with van der Waals surface area (Å²) in [5, 5.41) is 3.05. The number of nitrogens with one attached hydrogen (secondary N) is 1. The Morgan fingerprint density at radius 3 is 2.27 bits per heavy atom. The number of carbonyl (C=O) groups excluding carboxylic acids is 1. The van der Waals surface area contributed by atoms with Gasteiger partial charge in [-0.3, -0.25) is 4.79 Å². The van der Waals surface area contributed by atoms with Crippen molar-refractivity contribution < 1.29 is 13.2 Å². The van der Waals surface area contributed by atoms with Crippen LogP contribution in [0.4, 0.5) is 0 Å². The van der Waals surface area contributed by atoms with Gasteiger partial charge in [0.05, 0.1) is 10.9 Å². The average molecular weight is 374 g/mol. The molecule has 0 spiro atoms. The SMILES string of the molecule is CCCc1ccc(C(NC(=O)c2cccc(S(C)(=O)=O)c2)C(C)C)cc1. The summed E-state index contributed by atoms with van der Waals surface area (Å²) in [5.41, 5.74) is 2.68. The zero-order valence-corrected chi connectivity index (χ0v) is 16.6. The molecule has 1 unspecified atom stereocenters. The maximum Gasteiger partial charge on any atom is 0.251 e. The molecule has 0 saturated heterocycles. The molecule has 1 atom stereocenters. The van der Waals surface area contributed by atoms with E-state index in [1.54, 1.807) is 12.1 Å². The second-order valence-corrected chi connectivity index (χ2v) is 9.00. The third-order valence-corrected chi connectivity index (χ3v) is 5.47. The summed E-state index contributed by atoms with van der Waals surface area (Å²) in [7, 11) is -3.35. The van der Waals surface area contributed by atoms with E-state index in [9.17, 15) is 13.2 Å². The van der Waals surface area contributed by atoms with Crippen LogP contribution in [-0.2, 0) is 16.3 Å². The van der Waals surface area contributed by atoms with Gasteiger partial charge in [-0.15, -0.1) is 0 Å². The molecule has 2 rings (SSSR count). The molecule has 26 heavy (non-hydrogen) atoms. The van der Waals surface area contributed by atoms with Crippen LogP contribution in [0.1, 0.15) is 54.7 Å². The molecule has 5 heteroatoms. The van der Waals surface area contributed by atoms with Crippen LogP contribution < -0.4 is 5.32 Å². The highest BCUT2D eigenvalue weighted by molar-refractivity contribution is 7.90. The number of hydrogen-bond acceptors (Lipinski definition) is 3. The molecule has 0 radical (unpaired) electrons. The predicted molar refractivity (Wildman–Crippen MR) is 105 cm³/mol. The number of sulfone groups is 1. The largest absolute Gasteiger partial charge is 0.345 e. The summed E-state index contributed by atoms with van der Waals surface area (Å²) in [5.74, 6) is -0.0686. The summed E-state index contributed by atoms with van der Waals surface area (Å²) in [6.07, 6.45) is 3.27. The van der Waals surface area contributed by atoms with Gasteiger partial charge >= 0.3 is 0 Å². The predicted octanol–water partition coefficient (Wildman–Crippen LogP) is 4.17. The van der Waals surface area contributed by atoms with Gasteiger partial charge in [0.2, 0.25) is 0 Å². The van der Waals surface area contributed by atoms with Crippen molar-refractivity contribution in [3.05, 3.63) is 65.2 Å². The fourth-order valence-electron chi connectivity index (χ4n) is 2.91. The molecule has 2 aromatic rings. The molecule has 2 aromatic carbocycles. The fourth-order valence-corrected chi connectivity index (χ4v) is 3.57. The maximum absolute atomic E-state index is 12.7. The Kier molecular flexibility index (Phi) is 6.59. The van der Waals surface area contributed by atoms with Crippen LogP contribution in [0, 0.1) is 5.92 Å². The Labute approximate surface area is 156 Å². The fraction of sp³-hybridized carbons (Fsp3) is 0.381. The Morgan fingerprint density at radius 1 is 1.08 bits per heavy atom. The molecule has 0 aliphatic heterocycles. The molecular formula is C21H27NO3S. The molecule has 0 fully saturated rings. The molecular weight excluding hydrogens is 346 g/mol. The van der Waals surface area contributed by atoms with Crippen LogP contribution in [0.5, 0.6) is 0 Å². The van der Waals surface area contributed by atoms with Gasteiger partial charge in [-0.25, -0.2) is 8.42 Å². The van der Waals surface area contributed by atoms with Crippen LogP contribution in [0.3, 0.4) is 0 Å². The number of rotatable bonds is 7. The van der Waals surface area contributed by atoms with Crippen molar-refractivity contribution in [2.24, 2.45) is 5.92 Å². The van der Waals surface area contributed by atoms with E-state index in [4.69, 9.17) is 0 Å². The smallest absolute Gasteiger partial charge is 0.251 e. The monoisotopic (exact) mass is 373 g/mol.